The van der Waals surface area contributed by atoms with Crippen molar-refractivity contribution in [3.63, 3.8) is 0 Å². The summed E-state index contributed by atoms with van der Waals surface area (Å²) in [5.74, 6) is 1.06. The minimum absolute atomic E-state index is 0.164. The van der Waals surface area contributed by atoms with Crippen molar-refractivity contribution >= 4 is 17.6 Å². The summed E-state index contributed by atoms with van der Waals surface area (Å²) in [4.78, 5) is 20.7. The molecule has 55 heavy (non-hydrogen) atoms. The van der Waals surface area contributed by atoms with Gasteiger partial charge in [-0.15, -0.1) is 0 Å². The summed E-state index contributed by atoms with van der Waals surface area (Å²) in [7, 11) is 0. The van der Waals surface area contributed by atoms with Gasteiger partial charge in [-0.05, 0) is 98.5 Å². The number of carbonyl (C=O) groups is 1. The number of piperidine rings is 1. The van der Waals surface area contributed by atoms with Gasteiger partial charge >= 0.3 is 5.97 Å². The van der Waals surface area contributed by atoms with Crippen LogP contribution in [0.15, 0.2) is 67.0 Å². The van der Waals surface area contributed by atoms with Gasteiger partial charge in [0, 0.05) is 55.8 Å². The number of aliphatic carboxylic acids is 1. The van der Waals surface area contributed by atoms with E-state index in [1.165, 1.54) is 19.0 Å². The number of aromatic nitrogens is 1. The normalized spacial score (nSPS) is 19.9. The SMILES string of the molecule is Cc1c(COc2cc(OCc3cncc(C#N)c3)c(CN3CCCC[C@H]3C(=O)O)cc2Cl)cccc1-c1cccc(OCCCN2CC3CCC(C2)O3)c1C. The third kappa shape index (κ3) is 9.42. The van der Waals surface area contributed by atoms with Crippen LogP contribution in [0, 0.1) is 25.2 Å². The lowest BCUT2D eigenvalue weighted by Crippen LogP contribution is -2.44. The molecular weight excluding hydrogens is 716 g/mol. The number of hydrogen-bond donors (Lipinski definition) is 1. The highest BCUT2D eigenvalue weighted by atomic mass is 35.5. The molecule has 3 aliphatic rings. The van der Waals surface area contributed by atoms with Gasteiger partial charge in [0.15, 0.2) is 0 Å². The van der Waals surface area contributed by atoms with Gasteiger partial charge in [0.25, 0.3) is 0 Å². The fourth-order valence-corrected chi connectivity index (χ4v) is 8.35. The maximum atomic E-state index is 12.1. The molecule has 7 rings (SSSR count). The van der Waals surface area contributed by atoms with Crippen LogP contribution in [0.2, 0.25) is 5.02 Å². The molecule has 3 aliphatic heterocycles. The molecule has 0 spiro atoms. The van der Waals surface area contributed by atoms with E-state index in [0.29, 0.717) is 60.4 Å². The number of nitrogens with zero attached hydrogens (tertiary/aromatic N) is 4. The molecule has 2 unspecified atom stereocenters. The van der Waals surface area contributed by atoms with E-state index in [2.05, 4.69) is 54.1 Å². The highest BCUT2D eigenvalue weighted by Gasteiger charge is 2.33. The second kappa shape index (κ2) is 17.9. The number of morpholine rings is 1. The van der Waals surface area contributed by atoms with Gasteiger partial charge in [0.05, 0.1) is 29.4 Å². The lowest BCUT2D eigenvalue weighted by atomic mass is 9.93. The molecule has 2 bridgehead atoms. The van der Waals surface area contributed by atoms with Crippen molar-refractivity contribution in [1.29, 1.82) is 5.26 Å². The molecular formula is C44H49ClN4O6. The number of hydrogen-bond acceptors (Lipinski definition) is 9. The molecule has 0 aliphatic carbocycles. The van der Waals surface area contributed by atoms with E-state index < -0.39 is 12.0 Å². The number of carboxylic acid groups (broad SMARTS) is 1. The van der Waals surface area contributed by atoms with Crippen LogP contribution in [-0.2, 0) is 29.3 Å². The summed E-state index contributed by atoms with van der Waals surface area (Å²) in [5, 5.41) is 19.7. The molecule has 4 aromatic rings. The second-order valence-corrected chi connectivity index (χ2v) is 15.3. The Kier molecular flexibility index (Phi) is 12.5. The van der Waals surface area contributed by atoms with E-state index in [1.807, 2.05) is 23.1 Å². The molecule has 3 fully saturated rings. The lowest BCUT2D eigenvalue weighted by Gasteiger charge is -2.33. The van der Waals surface area contributed by atoms with Crippen LogP contribution in [0.3, 0.4) is 0 Å². The van der Waals surface area contributed by atoms with Gasteiger partial charge in [-0.1, -0.05) is 48.4 Å². The molecule has 1 aromatic heterocycles. The van der Waals surface area contributed by atoms with Gasteiger partial charge in [0.1, 0.15) is 42.6 Å². The van der Waals surface area contributed by atoms with E-state index in [-0.39, 0.29) is 13.2 Å². The van der Waals surface area contributed by atoms with Crippen molar-refractivity contribution in [2.24, 2.45) is 0 Å². The number of halogens is 1. The first-order valence-corrected chi connectivity index (χ1v) is 19.7. The van der Waals surface area contributed by atoms with Crippen molar-refractivity contribution < 1.29 is 28.8 Å². The first-order valence-electron chi connectivity index (χ1n) is 19.3. The standard InChI is InChI=1S/C44H49ClN4O6/c1-29-33(8-5-9-37(29)38-10-6-12-41(30(38)2)52-17-7-15-48-25-35-13-14-36(26-48)55-35)28-54-43-20-42(53-27-32-18-31(21-46)22-47-23-32)34(19-39(43)45)24-49-16-4-3-11-40(49)44(50)51/h5-6,8-10,12,18-20,22-23,35-36,40H,3-4,7,11,13-17,24-28H2,1-2H3,(H,50,51)/t35?,36?,40-/m0/s1. The molecule has 0 saturated carbocycles. The molecule has 0 radical (unpaired) electrons. The fourth-order valence-electron chi connectivity index (χ4n) is 8.11. The van der Waals surface area contributed by atoms with Crippen molar-refractivity contribution in [2.75, 3.05) is 32.8 Å². The van der Waals surface area contributed by atoms with E-state index in [1.54, 1.807) is 18.3 Å². The average Bonchev–Trinajstić information content (AvgIpc) is 3.54. The van der Waals surface area contributed by atoms with Gasteiger partial charge in [0.2, 0.25) is 0 Å². The fraction of sp³-hybridized carbons (Fsp3) is 0.432. The molecule has 0 amide bonds. The zero-order valence-corrected chi connectivity index (χ0v) is 32.4. The van der Waals surface area contributed by atoms with Crippen molar-refractivity contribution in [2.45, 2.75) is 90.4 Å². The minimum Gasteiger partial charge on any atom is -0.493 e. The molecule has 1 N–H and O–H groups in total. The summed E-state index contributed by atoms with van der Waals surface area (Å²) < 4.78 is 25.1. The predicted octanol–water partition coefficient (Wildman–Crippen LogP) is 8.12. The van der Waals surface area contributed by atoms with Gasteiger partial charge in [-0.25, -0.2) is 0 Å². The number of fused-ring (bicyclic) bond motifs is 2. The van der Waals surface area contributed by atoms with E-state index in [0.717, 1.165) is 83.6 Å². The Balaban J connectivity index is 1.05. The average molecular weight is 765 g/mol. The van der Waals surface area contributed by atoms with Crippen LogP contribution < -0.4 is 14.2 Å². The Morgan fingerprint density at radius 2 is 1.67 bits per heavy atom. The van der Waals surface area contributed by atoms with E-state index in [9.17, 15) is 15.2 Å². The maximum absolute atomic E-state index is 12.1. The predicted molar refractivity (Wildman–Crippen MR) is 211 cm³/mol. The van der Waals surface area contributed by atoms with Gasteiger partial charge < -0.3 is 24.1 Å². The minimum atomic E-state index is -0.828. The lowest BCUT2D eigenvalue weighted by molar-refractivity contribution is -0.144. The number of ether oxygens (including phenoxy) is 4. The summed E-state index contributed by atoms with van der Waals surface area (Å²) in [6.45, 7) is 9.44. The number of rotatable bonds is 15. The topological polar surface area (TPSA) is 117 Å². The van der Waals surface area contributed by atoms with Crippen LogP contribution >= 0.6 is 11.6 Å². The summed E-state index contributed by atoms with van der Waals surface area (Å²) in [6, 6.07) is 19.3. The molecule has 3 atom stereocenters. The zero-order valence-electron chi connectivity index (χ0n) is 31.6. The second-order valence-electron chi connectivity index (χ2n) is 14.9. The molecule has 4 heterocycles. The largest absolute Gasteiger partial charge is 0.493 e. The number of carboxylic acids is 1. The van der Waals surface area contributed by atoms with E-state index in [4.69, 9.17) is 30.5 Å². The summed E-state index contributed by atoms with van der Waals surface area (Å²) in [5.41, 5.74) is 7.39. The van der Waals surface area contributed by atoms with Crippen molar-refractivity contribution in [3.05, 3.63) is 105 Å². The maximum Gasteiger partial charge on any atom is 0.320 e. The number of nitriles is 1. The van der Waals surface area contributed by atoms with Crippen LogP contribution in [0.25, 0.3) is 11.1 Å². The van der Waals surface area contributed by atoms with Gasteiger partial charge in [-0.3, -0.25) is 19.6 Å². The van der Waals surface area contributed by atoms with Crippen LogP contribution in [-0.4, -0.2) is 76.9 Å². The number of pyridine rings is 1. The van der Waals surface area contributed by atoms with Crippen molar-refractivity contribution in [1.82, 2.24) is 14.8 Å². The van der Waals surface area contributed by atoms with Crippen LogP contribution in [0.4, 0.5) is 0 Å². The number of likely N-dealkylation sites (tertiary alicyclic amines) is 2. The summed E-state index contributed by atoms with van der Waals surface area (Å²) in [6.07, 6.45) is 9.71. The Bertz CT molecular complexity index is 2020. The first-order chi connectivity index (χ1) is 26.7. The highest BCUT2D eigenvalue weighted by molar-refractivity contribution is 6.32. The smallest absolute Gasteiger partial charge is 0.320 e. The molecule has 10 nitrogen and oxygen atoms in total. The molecule has 3 saturated heterocycles. The Hall–Kier alpha value is -4.66. The highest BCUT2D eigenvalue weighted by Crippen LogP contribution is 2.37. The molecule has 11 heteroatoms. The third-order valence-corrected chi connectivity index (χ3v) is 11.4. The molecule has 288 valence electrons. The zero-order chi connectivity index (χ0) is 38.3. The van der Waals surface area contributed by atoms with Crippen LogP contribution in [0.1, 0.15) is 71.9 Å². The summed E-state index contributed by atoms with van der Waals surface area (Å²) >= 11 is 6.87. The quantitative estimate of drug-likeness (QED) is 0.119. The third-order valence-electron chi connectivity index (χ3n) is 11.1. The number of benzene rings is 3. The van der Waals surface area contributed by atoms with Crippen LogP contribution in [0.5, 0.6) is 17.2 Å². The van der Waals surface area contributed by atoms with Gasteiger partial charge in [-0.2, -0.15) is 5.26 Å². The monoisotopic (exact) mass is 764 g/mol. The van der Waals surface area contributed by atoms with Crippen molar-refractivity contribution in [3.8, 4) is 34.4 Å². The Morgan fingerprint density at radius 1 is 0.909 bits per heavy atom. The first kappa shape index (κ1) is 38.6. The Labute approximate surface area is 328 Å². The molecule has 3 aromatic carbocycles. The van der Waals surface area contributed by atoms with E-state index >= 15 is 0 Å². The Morgan fingerprint density at radius 3 is 2.45 bits per heavy atom.